The summed E-state index contributed by atoms with van der Waals surface area (Å²) >= 11 is 0. The van der Waals surface area contributed by atoms with Crippen LogP contribution in [0.5, 0.6) is 11.5 Å². The summed E-state index contributed by atoms with van der Waals surface area (Å²) in [5, 5.41) is 22.1. The molecule has 1 spiro atoms. The van der Waals surface area contributed by atoms with E-state index >= 15 is 0 Å². The molecule has 0 amide bonds. The van der Waals surface area contributed by atoms with Gasteiger partial charge in [-0.2, -0.15) is 0 Å². The second-order valence-electron chi connectivity index (χ2n) is 8.40. The number of hydrogen-bond acceptors (Lipinski definition) is 5. The van der Waals surface area contributed by atoms with Crippen LogP contribution < -0.4 is 4.74 Å². The number of rotatable bonds is 2. The Labute approximate surface area is 140 Å². The van der Waals surface area contributed by atoms with Crippen molar-refractivity contribution in [2.24, 2.45) is 5.92 Å². The summed E-state index contributed by atoms with van der Waals surface area (Å²) in [4.78, 5) is 15.1. The zero-order valence-electron chi connectivity index (χ0n) is 13.5. The summed E-state index contributed by atoms with van der Waals surface area (Å²) in [6, 6.07) is 3.68. The molecule has 0 radical (unpaired) electrons. The van der Waals surface area contributed by atoms with Crippen molar-refractivity contribution in [3.63, 3.8) is 0 Å². The molecule has 3 fully saturated rings. The number of benzene rings is 1. The van der Waals surface area contributed by atoms with Gasteiger partial charge in [-0.1, -0.05) is 6.07 Å². The van der Waals surface area contributed by atoms with E-state index in [0.29, 0.717) is 25.1 Å². The number of hydrogen-bond donors (Lipinski definition) is 2. The number of aromatic hydroxyl groups is 1. The molecule has 2 aliphatic heterocycles. The van der Waals surface area contributed by atoms with Gasteiger partial charge in [-0.3, -0.25) is 9.69 Å². The third-order valence-corrected chi connectivity index (χ3v) is 7.22. The molecule has 5 nitrogen and oxygen atoms in total. The monoisotopic (exact) mass is 327 g/mol. The van der Waals surface area contributed by atoms with Gasteiger partial charge in [0.2, 0.25) is 0 Å². The number of phenolic OH excluding ortho intramolecular Hbond substituents is 1. The van der Waals surface area contributed by atoms with Gasteiger partial charge in [-0.15, -0.1) is 0 Å². The molecule has 0 unspecified atom stereocenters. The number of ether oxygens (including phenoxy) is 1. The van der Waals surface area contributed by atoms with Crippen LogP contribution in [-0.4, -0.2) is 51.7 Å². The number of ketones is 1. The molecule has 126 valence electrons. The molecule has 1 aromatic carbocycles. The largest absolute Gasteiger partial charge is 0.504 e. The number of likely N-dealkylation sites (tertiary alicyclic amines) is 1. The molecule has 0 aromatic heterocycles. The van der Waals surface area contributed by atoms with Crippen LogP contribution >= 0.6 is 0 Å². The first-order chi connectivity index (χ1) is 11.5. The van der Waals surface area contributed by atoms with Crippen molar-refractivity contribution in [3.05, 3.63) is 23.3 Å². The number of nitrogens with zero attached hydrogens (tertiary/aromatic N) is 1. The molecule has 2 bridgehead atoms. The second kappa shape index (κ2) is 3.97. The van der Waals surface area contributed by atoms with Crippen molar-refractivity contribution < 1.29 is 19.7 Å². The van der Waals surface area contributed by atoms with E-state index in [4.69, 9.17) is 4.74 Å². The van der Waals surface area contributed by atoms with E-state index in [1.54, 1.807) is 6.07 Å². The summed E-state index contributed by atoms with van der Waals surface area (Å²) in [5.41, 5.74) is 0.432. The third-order valence-electron chi connectivity index (χ3n) is 7.22. The van der Waals surface area contributed by atoms with Gasteiger partial charge in [0.1, 0.15) is 0 Å². The van der Waals surface area contributed by atoms with Gasteiger partial charge in [0.15, 0.2) is 23.4 Å². The fourth-order valence-electron chi connectivity index (χ4n) is 6.02. The van der Waals surface area contributed by atoms with Gasteiger partial charge in [0, 0.05) is 31.1 Å². The summed E-state index contributed by atoms with van der Waals surface area (Å²) in [5.74, 6) is 1.33. The van der Waals surface area contributed by atoms with Crippen LogP contribution in [0.1, 0.15) is 36.8 Å². The molecule has 6 rings (SSSR count). The number of Topliss-reactive ketones (excluding diaryl/α,β-unsaturated/α-hetero) is 1. The minimum Gasteiger partial charge on any atom is -0.504 e. The van der Waals surface area contributed by atoms with Crippen molar-refractivity contribution in [2.75, 3.05) is 13.1 Å². The zero-order valence-corrected chi connectivity index (χ0v) is 13.5. The Balaban J connectivity index is 1.61. The lowest BCUT2D eigenvalue weighted by Gasteiger charge is -2.50. The van der Waals surface area contributed by atoms with E-state index in [1.165, 1.54) is 12.8 Å². The first-order valence-electron chi connectivity index (χ1n) is 9.06. The maximum absolute atomic E-state index is 12.7. The van der Waals surface area contributed by atoms with E-state index in [2.05, 4.69) is 4.90 Å². The smallest absolute Gasteiger partial charge is 0.174 e. The lowest BCUT2D eigenvalue weighted by atomic mass is 9.54. The molecule has 2 saturated carbocycles. The van der Waals surface area contributed by atoms with Crippen LogP contribution in [-0.2, 0) is 16.6 Å². The van der Waals surface area contributed by atoms with Crippen LogP contribution in [0, 0.1) is 5.92 Å². The molecular formula is C19H21NO4. The van der Waals surface area contributed by atoms with Crippen molar-refractivity contribution in [2.45, 2.75) is 55.3 Å². The maximum atomic E-state index is 12.7. The van der Waals surface area contributed by atoms with E-state index in [9.17, 15) is 15.0 Å². The highest BCUT2D eigenvalue weighted by molar-refractivity contribution is 5.90. The molecule has 2 N–H and O–H groups in total. The van der Waals surface area contributed by atoms with Gasteiger partial charge < -0.3 is 14.9 Å². The van der Waals surface area contributed by atoms with E-state index in [-0.39, 0.29) is 17.6 Å². The van der Waals surface area contributed by atoms with Gasteiger partial charge in [-0.05, 0) is 43.2 Å². The third kappa shape index (κ3) is 1.32. The highest BCUT2D eigenvalue weighted by Crippen LogP contribution is 2.65. The van der Waals surface area contributed by atoms with E-state index in [0.717, 1.165) is 30.0 Å². The molecule has 5 aliphatic rings. The lowest BCUT2D eigenvalue weighted by Crippen LogP contribution is -2.66. The average molecular weight is 327 g/mol. The predicted octanol–water partition coefficient (Wildman–Crippen LogP) is 1.14. The lowest BCUT2D eigenvalue weighted by molar-refractivity contribution is -0.147. The topological polar surface area (TPSA) is 70.0 Å². The maximum Gasteiger partial charge on any atom is 0.174 e. The number of carbonyl (C=O) groups is 1. The Kier molecular flexibility index (Phi) is 2.26. The van der Waals surface area contributed by atoms with Gasteiger partial charge >= 0.3 is 0 Å². The highest BCUT2D eigenvalue weighted by Gasteiger charge is 2.75. The van der Waals surface area contributed by atoms with Gasteiger partial charge in [0.25, 0.3) is 0 Å². The van der Waals surface area contributed by atoms with Gasteiger partial charge in [0.05, 0.1) is 11.0 Å². The Morgan fingerprint density at radius 3 is 2.96 bits per heavy atom. The normalized spacial score (nSPS) is 42.1. The van der Waals surface area contributed by atoms with Gasteiger partial charge in [-0.25, -0.2) is 0 Å². The Morgan fingerprint density at radius 2 is 2.17 bits per heavy atom. The predicted molar refractivity (Wildman–Crippen MR) is 85.2 cm³/mol. The van der Waals surface area contributed by atoms with Crippen LogP contribution in [0.2, 0.25) is 0 Å². The second-order valence-corrected chi connectivity index (χ2v) is 8.40. The molecule has 1 aromatic rings. The van der Waals surface area contributed by atoms with Crippen molar-refractivity contribution in [1.29, 1.82) is 0 Å². The Morgan fingerprint density at radius 1 is 1.33 bits per heavy atom. The molecule has 3 aliphatic carbocycles. The fourth-order valence-corrected chi connectivity index (χ4v) is 6.02. The van der Waals surface area contributed by atoms with Crippen molar-refractivity contribution >= 4 is 5.78 Å². The van der Waals surface area contributed by atoms with Crippen molar-refractivity contribution in [3.8, 4) is 11.5 Å². The summed E-state index contributed by atoms with van der Waals surface area (Å²) in [6.07, 6.45) is 3.54. The number of aliphatic hydroxyl groups is 1. The standard InChI is InChI=1S/C19H21NO4/c21-12-4-3-11-7-14-19(23)6-5-13(22)17-18(19,15(11)16(12)24-17)9-20(14)8-10-1-2-10/h3-4,10,14,17,21,23H,1-2,5-9H2/t14-,17+,18+,19-/m0/s1. The summed E-state index contributed by atoms with van der Waals surface area (Å²) < 4.78 is 6.01. The Bertz CT molecular complexity index is 788. The molecule has 4 atom stereocenters. The zero-order chi connectivity index (χ0) is 16.3. The van der Waals surface area contributed by atoms with Crippen LogP contribution in [0.15, 0.2) is 12.1 Å². The first-order valence-corrected chi connectivity index (χ1v) is 9.06. The minimum absolute atomic E-state index is 0.0558. The molecule has 5 heteroatoms. The molecule has 2 heterocycles. The number of carbonyl (C=O) groups excluding carboxylic acids is 1. The fraction of sp³-hybridized carbons (Fsp3) is 0.632. The average Bonchev–Trinajstić information content (AvgIpc) is 3.27. The van der Waals surface area contributed by atoms with Crippen LogP contribution in [0.4, 0.5) is 0 Å². The van der Waals surface area contributed by atoms with Crippen LogP contribution in [0.3, 0.4) is 0 Å². The van der Waals surface area contributed by atoms with Crippen molar-refractivity contribution in [1.82, 2.24) is 4.90 Å². The number of phenols is 1. The Hall–Kier alpha value is -1.59. The molecule has 1 saturated heterocycles. The van der Waals surface area contributed by atoms with E-state index in [1.807, 2.05) is 6.07 Å². The SMILES string of the molecule is O=C1CC[C@]2(O)[C@@H]3Cc4ccc(O)c5c4[C@]2(CN3CC2CC2)[C@@H]1O5. The quantitative estimate of drug-likeness (QED) is 0.852. The highest BCUT2D eigenvalue weighted by atomic mass is 16.5. The summed E-state index contributed by atoms with van der Waals surface area (Å²) in [6.45, 7) is 1.68. The molecule has 24 heavy (non-hydrogen) atoms. The first kappa shape index (κ1) is 13.7. The van der Waals surface area contributed by atoms with Crippen LogP contribution in [0.25, 0.3) is 0 Å². The summed E-state index contributed by atoms with van der Waals surface area (Å²) in [7, 11) is 0. The molecular weight excluding hydrogens is 306 g/mol. The van der Waals surface area contributed by atoms with E-state index < -0.39 is 17.1 Å². The minimum atomic E-state index is -0.924.